The first-order valence-corrected chi connectivity index (χ1v) is 9.61. The number of carbonyl (C=O) groups is 1. The minimum absolute atomic E-state index is 0.0585. The van der Waals surface area contributed by atoms with Gasteiger partial charge in [-0.1, -0.05) is 60.7 Å². The summed E-state index contributed by atoms with van der Waals surface area (Å²) < 4.78 is 0. The highest BCUT2D eigenvalue weighted by atomic mass is 16.1. The molecular formula is C24H22N4O. The molecule has 29 heavy (non-hydrogen) atoms. The molecule has 0 fully saturated rings. The summed E-state index contributed by atoms with van der Waals surface area (Å²) in [5.41, 5.74) is 10.9. The molecule has 0 aliphatic heterocycles. The Labute approximate surface area is 170 Å². The van der Waals surface area contributed by atoms with Gasteiger partial charge in [-0.05, 0) is 36.1 Å². The zero-order chi connectivity index (χ0) is 20.1. The van der Waals surface area contributed by atoms with Crippen molar-refractivity contribution in [1.82, 2.24) is 9.97 Å². The van der Waals surface area contributed by atoms with Crippen molar-refractivity contribution in [1.29, 1.82) is 0 Å². The van der Waals surface area contributed by atoms with Crippen LogP contribution in [0.2, 0.25) is 0 Å². The quantitative estimate of drug-likeness (QED) is 0.619. The second kappa shape index (κ2) is 8.52. The predicted molar refractivity (Wildman–Crippen MR) is 115 cm³/mol. The molecule has 4 rings (SSSR count). The highest BCUT2D eigenvalue weighted by Gasteiger charge is 2.20. The van der Waals surface area contributed by atoms with Gasteiger partial charge in [0.25, 0.3) is 0 Å². The van der Waals surface area contributed by atoms with Crippen molar-refractivity contribution in [2.24, 2.45) is 5.73 Å². The molecule has 1 aliphatic rings. The Kier molecular flexibility index (Phi) is 5.47. The maximum Gasteiger partial charge on any atom is 0.223 e. The van der Waals surface area contributed by atoms with E-state index in [0.29, 0.717) is 35.7 Å². The maximum absolute atomic E-state index is 12.9. The van der Waals surface area contributed by atoms with E-state index in [2.05, 4.69) is 27.4 Å². The van der Waals surface area contributed by atoms with Crippen molar-refractivity contribution in [3.8, 4) is 0 Å². The van der Waals surface area contributed by atoms with Crippen LogP contribution in [0.3, 0.4) is 0 Å². The van der Waals surface area contributed by atoms with Crippen LogP contribution in [0, 0.1) is 0 Å². The maximum atomic E-state index is 12.9. The number of nitrogens with two attached hydrogens (primary N) is 1. The Morgan fingerprint density at radius 1 is 0.966 bits per heavy atom. The second-order valence-electron chi connectivity index (χ2n) is 6.91. The zero-order valence-corrected chi connectivity index (χ0v) is 16.0. The Morgan fingerprint density at radius 3 is 2.45 bits per heavy atom. The number of nitrogens with one attached hydrogen (secondary N) is 1. The zero-order valence-electron chi connectivity index (χ0n) is 16.0. The molecular weight excluding hydrogens is 360 g/mol. The highest BCUT2D eigenvalue weighted by molar-refractivity contribution is 6.12. The second-order valence-corrected chi connectivity index (χ2v) is 6.91. The van der Waals surface area contributed by atoms with Crippen LogP contribution in [0.1, 0.15) is 34.5 Å². The molecule has 5 heteroatoms. The van der Waals surface area contributed by atoms with E-state index in [1.165, 1.54) is 0 Å². The van der Waals surface area contributed by atoms with Crippen LogP contribution in [-0.2, 0) is 6.54 Å². The Morgan fingerprint density at radius 2 is 1.69 bits per heavy atom. The minimum atomic E-state index is -0.0585. The van der Waals surface area contributed by atoms with E-state index in [1.54, 1.807) is 18.3 Å². The molecule has 0 amide bonds. The lowest BCUT2D eigenvalue weighted by atomic mass is 9.90. The largest absolute Gasteiger partial charge is 0.401 e. The fraction of sp³-hybridized carbons (Fsp3) is 0.125. The van der Waals surface area contributed by atoms with E-state index >= 15 is 0 Å². The third kappa shape index (κ3) is 4.41. The Hall–Kier alpha value is -3.73. The third-order valence-corrected chi connectivity index (χ3v) is 4.89. The van der Waals surface area contributed by atoms with Gasteiger partial charge < -0.3 is 11.1 Å². The topological polar surface area (TPSA) is 80.9 Å². The van der Waals surface area contributed by atoms with E-state index in [-0.39, 0.29) is 5.78 Å². The standard InChI is InChI=1S/C24H22N4O/c25-21-12-11-19(15-20(21)23(29)18-9-5-2-6-10-18)22-13-14-26-24(28-22)27-16-17-7-3-1-4-8-17/h1-10,13-15H,11-12,16,25H2,(H,26,27,28). The van der Waals surface area contributed by atoms with E-state index in [1.807, 2.05) is 48.5 Å². The number of hydrogen-bond acceptors (Lipinski definition) is 5. The van der Waals surface area contributed by atoms with Crippen LogP contribution in [0.4, 0.5) is 5.95 Å². The number of anilines is 1. The fourth-order valence-electron chi connectivity index (χ4n) is 3.30. The van der Waals surface area contributed by atoms with Crippen molar-refractivity contribution in [3.05, 3.63) is 107 Å². The molecule has 3 N–H and O–H groups in total. The molecule has 0 saturated heterocycles. The van der Waals surface area contributed by atoms with E-state index in [9.17, 15) is 4.79 Å². The van der Waals surface area contributed by atoms with Crippen LogP contribution < -0.4 is 11.1 Å². The predicted octanol–water partition coefficient (Wildman–Crippen LogP) is 4.36. The molecule has 0 saturated carbocycles. The van der Waals surface area contributed by atoms with E-state index in [0.717, 1.165) is 23.3 Å². The van der Waals surface area contributed by atoms with Crippen LogP contribution in [0.25, 0.3) is 5.57 Å². The number of benzene rings is 2. The summed E-state index contributed by atoms with van der Waals surface area (Å²) in [5, 5.41) is 3.26. The molecule has 2 aromatic carbocycles. The van der Waals surface area contributed by atoms with E-state index in [4.69, 9.17) is 5.73 Å². The molecule has 0 atom stereocenters. The van der Waals surface area contributed by atoms with Gasteiger partial charge in [-0.2, -0.15) is 0 Å². The number of Topliss-reactive ketones (excluding diaryl/α,β-unsaturated/α-hetero) is 1. The first-order chi connectivity index (χ1) is 14.2. The first kappa shape index (κ1) is 18.6. The van der Waals surface area contributed by atoms with Crippen LogP contribution >= 0.6 is 0 Å². The normalized spacial score (nSPS) is 13.7. The van der Waals surface area contributed by atoms with Gasteiger partial charge in [0.15, 0.2) is 5.78 Å². The first-order valence-electron chi connectivity index (χ1n) is 9.61. The number of rotatable bonds is 6. The molecule has 1 heterocycles. The summed E-state index contributed by atoms with van der Waals surface area (Å²) in [5.74, 6) is 0.502. The summed E-state index contributed by atoms with van der Waals surface area (Å²) >= 11 is 0. The third-order valence-electron chi connectivity index (χ3n) is 4.89. The van der Waals surface area contributed by atoms with Gasteiger partial charge in [0.2, 0.25) is 5.95 Å². The summed E-state index contributed by atoms with van der Waals surface area (Å²) in [4.78, 5) is 21.8. The van der Waals surface area contributed by atoms with Gasteiger partial charge >= 0.3 is 0 Å². The molecule has 1 aliphatic carbocycles. The average molecular weight is 382 g/mol. The Balaban J connectivity index is 1.55. The average Bonchev–Trinajstić information content (AvgIpc) is 2.79. The lowest BCUT2D eigenvalue weighted by molar-refractivity contribution is 0.103. The molecule has 1 aromatic heterocycles. The van der Waals surface area contributed by atoms with Crippen LogP contribution in [0.15, 0.2) is 90.3 Å². The number of hydrogen-bond donors (Lipinski definition) is 2. The van der Waals surface area contributed by atoms with Crippen LogP contribution in [0.5, 0.6) is 0 Å². The van der Waals surface area contributed by atoms with E-state index < -0.39 is 0 Å². The molecule has 0 bridgehead atoms. The molecule has 0 radical (unpaired) electrons. The molecule has 0 unspecified atom stereocenters. The van der Waals surface area contributed by atoms with Gasteiger partial charge in [0.1, 0.15) is 0 Å². The highest BCUT2D eigenvalue weighted by Crippen LogP contribution is 2.29. The lowest BCUT2D eigenvalue weighted by Gasteiger charge is -2.17. The number of aromatic nitrogens is 2. The fourth-order valence-corrected chi connectivity index (χ4v) is 3.30. The van der Waals surface area contributed by atoms with Gasteiger partial charge in [-0.25, -0.2) is 9.97 Å². The molecule has 0 spiro atoms. The van der Waals surface area contributed by atoms with Gasteiger partial charge in [0.05, 0.1) is 5.69 Å². The lowest BCUT2D eigenvalue weighted by Crippen LogP contribution is -2.14. The van der Waals surface area contributed by atoms with Crippen LogP contribution in [-0.4, -0.2) is 15.8 Å². The summed E-state index contributed by atoms with van der Waals surface area (Å²) in [6.07, 6.45) is 4.98. The van der Waals surface area contributed by atoms with Gasteiger partial charge in [-0.15, -0.1) is 0 Å². The molecule has 5 nitrogen and oxygen atoms in total. The van der Waals surface area contributed by atoms with Crippen molar-refractivity contribution in [2.45, 2.75) is 19.4 Å². The number of carbonyl (C=O) groups excluding carboxylic acids is 1. The van der Waals surface area contributed by atoms with Crippen molar-refractivity contribution < 1.29 is 4.79 Å². The Bertz CT molecular complexity index is 1070. The summed E-state index contributed by atoms with van der Waals surface area (Å²) in [6, 6.07) is 21.2. The molecule has 3 aromatic rings. The number of nitrogens with zero attached hydrogens (tertiary/aromatic N) is 2. The van der Waals surface area contributed by atoms with Crippen molar-refractivity contribution >= 4 is 17.3 Å². The summed E-state index contributed by atoms with van der Waals surface area (Å²) in [7, 11) is 0. The monoisotopic (exact) mass is 382 g/mol. The smallest absolute Gasteiger partial charge is 0.223 e. The van der Waals surface area contributed by atoms with Gasteiger partial charge in [-0.3, -0.25) is 4.79 Å². The van der Waals surface area contributed by atoms with Crippen molar-refractivity contribution in [2.75, 3.05) is 5.32 Å². The minimum Gasteiger partial charge on any atom is -0.401 e. The summed E-state index contributed by atoms with van der Waals surface area (Å²) in [6.45, 7) is 0.647. The SMILES string of the molecule is NC1=C(C(=O)c2ccccc2)C=C(c2ccnc(NCc3ccccc3)n2)CC1. The molecule has 144 valence electrons. The number of allylic oxidation sites excluding steroid dienone is 4. The van der Waals surface area contributed by atoms with Crippen molar-refractivity contribution in [3.63, 3.8) is 0 Å². The number of ketones is 1. The van der Waals surface area contributed by atoms with Gasteiger partial charge in [0, 0.05) is 29.6 Å².